The van der Waals surface area contributed by atoms with E-state index in [9.17, 15) is 9.59 Å². The van der Waals surface area contributed by atoms with Crippen molar-refractivity contribution >= 4 is 40.3 Å². The second-order valence-corrected chi connectivity index (χ2v) is 9.25. The number of carbonyl (C=O) groups is 1. The maximum absolute atomic E-state index is 13.0. The van der Waals surface area contributed by atoms with Crippen molar-refractivity contribution in [2.75, 3.05) is 18.1 Å². The van der Waals surface area contributed by atoms with Crippen LogP contribution >= 0.6 is 23.5 Å². The first-order chi connectivity index (χ1) is 14.5. The Morgan fingerprint density at radius 1 is 1.13 bits per heavy atom. The van der Waals surface area contributed by atoms with Crippen LogP contribution in [0.25, 0.3) is 10.9 Å². The molecule has 1 N–H and O–H groups in total. The highest BCUT2D eigenvalue weighted by molar-refractivity contribution is 7.99. The van der Waals surface area contributed by atoms with Crippen LogP contribution < -0.4 is 10.9 Å². The third-order valence-electron chi connectivity index (χ3n) is 4.85. The van der Waals surface area contributed by atoms with Crippen LogP contribution in [-0.2, 0) is 4.79 Å². The predicted molar refractivity (Wildman–Crippen MR) is 127 cm³/mol. The smallest absolute Gasteiger partial charge is 0.262 e. The van der Waals surface area contributed by atoms with E-state index >= 15 is 0 Å². The van der Waals surface area contributed by atoms with Gasteiger partial charge in [0.2, 0.25) is 5.91 Å². The Bertz CT molecular complexity index is 1060. The van der Waals surface area contributed by atoms with E-state index in [0.29, 0.717) is 22.6 Å². The third kappa shape index (κ3) is 5.67. The lowest BCUT2D eigenvalue weighted by atomic mass is 10.2. The van der Waals surface area contributed by atoms with Gasteiger partial charge < -0.3 is 5.32 Å². The summed E-state index contributed by atoms with van der Waals surface area (Å²) in [6.07, 6.45) is 0.815. The number of nitrogens with one attached hydrogen (secondary N) is 1. The number of carbonyl (C=O) groups excluding carboxylic acids is 1. The molecule has 1 heterocycles. The summed E-state index contributed by atoms with van der Waals surface area (Å²) in [5, 5.41) is 4.16. The van der Waals surface area contributed by atoms with Gasteiger partial charge in [-0.2, -0.15) is 0 Å². The molecule has 0 saturated carbocycles. The zero-order chi connectivity index (χ0) is 21.5. The van der Waals surface area contributed by atoms with Gasteiger partial charge in [-0.05, 0) is 44.5 Å². The minimum atomic E-state index is -0.0531. The van der Waals surface area contributed by atoms with Gasteiger partial charge in [0.05, 0.1) is 16.7 Å². The number of hydrogen-bond donors (Lipinski definition) is 1. The number of thioether (sulfide) groups is 2. The summed E-state index contributed by atoms with van der Waals surface area (Å²) >= 11 is 3.04. The third-order valence-corrected chi connectivity index (χ3v) is 6.82. The van der Waals surface area contributed by atoms with E-state index in [1.807, 2.05) is 32.0 Å². The first-order valence-electron chi connectivity index (χ1n) is 10.1. The second kappa shape index (κ2) is 10.7. The normalized spacial score (nSPS) is 12.1. The number of para-hydroxylation sites is 1. The number of hydrogen-bond acceptors (Lipinski definition) is 5. The van der Waals surface area contributed by atoms with Crippen LogP contribution in [0.2, 0.25) is 0 Å². The first kappa shape index (κ1) is 22.4. The van der Waals surface area contributed by atoms with Crippen molar-refractivity contribution in [1.82, 2.24) is 14.9 Å². The standard InChI is InChI=1S/C23H27N3O2S2/c1-4-17(3)26-22(28)19-7-5-6-8-20(19)25-23(26)30-15-21(27)24-13-14-29-18-11-9-16(2)10-12-18/h5-12,17H,4,13-15H2,1-3H3,(H,24,27). The average molecular weight is 442 g/mol. The highest BCUT2D eigenvalue weighted by atomic mass is 32.2. The van der Waals surface area contributed by atoms with Gasteiger partial charge >= 0.3 is 0 Å². The van der Waals surface area contributed by atoms with Crippen LogP contribution in [0.1, 0.15) is 31.9 Å². The van der Waals surface area contributed by atoms with Gasteiger partial charge in [-0.25, -0.2) is 4.98 Å². The topological polar surface area (TPSA) is 64.0 Å². The van der Waals surface area contributed by atoms with Crippen LogP contribution in [0, 0.1) is 6.92 Å². The highest BCUT2D eigenvalue weighted by Gasteiger charge is 2.16. The van der Waals surface area contributed by atoms with E-state index in [1.165, 1.54) is 22.2 Å². The van der Waals surface area contributed by atoms with E-state index in [-0.39, 0.29) is 23.3 Å². The van der Waals surface area contributed by atoms with E-state index in [2.05, 4.69) is 41.5 Å². The number of rotatable bonds is 9. The van der Waals surface area contributed by atoms with Gasteiger partial charge in [0.15, 0.2) is 5.16 Å². The van der Waals surface area contributed by atoms with Crippen LogP contribution in [0.5, 0.6) is 0 Å². The molecule has 30 heavy (non-hydrogen) atoms. The monoisotopic (exact) mass is 441 g/mol. The highest BCUT2D eigenvalue weighted by Crippen LogP contribution is 2.22. The fourth-order valence-electron chi connectivity index (χ4n) is 2.97. The molecule has 5 nitrogen and oxygen atoms in total. The van der Waals surface area contributed by atoms with Crippen molar-refractivity contribution < 1.29 is 4.79 Å². The molecule has 0 radical (unpaired) electrons. The molecule has 3 aromatic rings. The molecule has 0 fully saturated rings. The first-order valence-corrected chi connectivity index (χ1v) is 12.1. The number of fused-ring (bicyclic) bond motifs is 1. The Hall–Kier alpha value is -2.25. The average Bonchev–Trinajstić information content (AvgIpc) is 2.76. The van der Waals surface area contributed by atoms with E-state index < -0.39 is 0 Å². The minimum Gasteiger partial charge on any atom is -0.355 e. The van der Waals surface area contributed by atoms with Crippen LogP contribution in [-0.4, -0.2) is 33.5 Å². The summed E-state index contributed by atoms with van der Waals surface area (Å²) in [5.74, 6) is 0.990. The van der Waals surface area contributed by atoms with Gasteiger partial charge in [-0.1, -0.05) is 48.5 Å². The largest absolute Gasteiger partial charge is 0.355 e. The van der Waals surface area contributed by atoms with Crippen molar-refractivity contribution in [3.63, 3.8) is 0 Å². The molecular weight excluding hydrogens is 414 g/mol. The molecule has 0 spiro atoms. The molecule has 3 rings (SSSR count). The number of aryl methyl sites for hydroxylation is 1. The fraction of sp³-hybridized carbons (Fsp3) is 0.348. The van der Waals surface area contributed by atoms with Crippen molar-refractivity contribution in [2.24, 2.45) is 0 Å². The Kier molecular flexibility index (Phi) is 7.99. The molecule has 0 bridgehead atoms. The quantitative estimate of drug-likeness (QED) is 0.297. The van der Waals surface area contributed by atoms with Gasteiger partial charge in [0.1, 0.15) is 0 Å². The molecule has 1 atom stereocenters. The maximum Gasteiger partial charge on any atom is 0.262 e. The molecule has 1 unspecified atom stereocenters. The summed E-state index contributed by atoms with van der Waals surface area (Å²) < 4.78 is 1.72. The van der Waals surface area contributed by atoms with Crippen LogP contribution in [0.3, 0.4) is 0 Å². The van der Waals surface area contributed by atoms with Gasteiger partial charge in [-0.3, -0.25) is 14.2 Å². The van der Waals surface area contributed by atoms with Crippen LogP contribution in [0.4, 0.5) is 0 Å². The Labute approximate surface area is 185 Å². The molecule has 1 aromatic heterocycles. The van der Waals surface area contributed by atoms with Crippen molar-refractivity contribution in [2.45, 2.75) is 43.3 Å². The molecule has 0 aliphatic rings. The summed E-state index contributed by atoms with van der Waals surface area (Å²) in [6, 6.07) is 15.7. The minimum absolute atomic E-state index is 0.0195. The lowest BCUT2D eigenvalue weighted by molar-refractivity contribution is -0.118. The van der Waals surface area contributed by atoms with Crippen molar-refractivity contribution in [3.8, 4) is 0 Å². The molecule has 0 aliphatic carbocycles. The van der Waals surface area contributed by atoms with Crippen LogP contribution in [0.15, 0.2) is 63.4 Å². The van der Waals surface area contributed by atoms with Crippen molar-refractivity contribution in [3.05, 3.63) is 64.4 Å². The second-order valence-electron chi connectivity index (χ2n) is 7.14. The number of aromatic nitrogens is 2. The van der Waals surface area contributed by atoms with E-state index in [0.717, 1.165) is 12.2 Å². The molecule has 7 heteroatoms. The number of nitrogens with zero attached hydrogens (tertiary/aromatic N) is 2. The molecule has 1 amide bonds. The maximum atomic E-state index is 13.0. The van der Waals surface area contributed by atoms with Gasteiger partial charge in [0.25, 0.3) is 5.56 Å². The summed E-state index contributed by atoms with van der Waals surface area (Å²) in [4.78, 5) is 31.1. The molecule has 2 aromatic carbocycles. The van der Waals surface area contributed by atoms with Gasteiger partial charge in [-0.15, -0.1) is 11.8 Å². The summed E-state index contributed by atoms with van der Waals surface area (Å²) in [7, 11) is 0. The van der Waals surface area contributed by atoms with E-state index in [4.69, 9.17) is 0 Å². The van der Waals surface area contributed by atoms with Gasteiger partial charge in [0, 0.05) is 23.2 Å². The van der Waals surface area contributed by atoms with E-state index in [1.54, 1.807) is 22.4 Å². The zero-order valence-corrected chi connectivity index (χ0v) is 19.2. The summed E-state index contributed by atoms with van der Waals surface area (Å²) in [6.45, 7) is 6.71. The Morgan fingerprint density at radius 2 is 1.87 bits per heavy atom. The SMILES string of the molecule is CCC(C)n1c(SCC(=O)NCCSc2ccc(C)cc2)nc2ccccc2c1=O. The number of amides is 1. The number of benzene rings is 2. The Morgan fingerprint density at radius 3 is 2.60 bits per heavy atom. The molecule has 158 valence electrons. The van der Waals surface area contributed by atoms with Crippen molar-refractivity contribution in [1.29, 1.82) is 0 Å². The zero-order valence-electron chi connectivity index (χ0n) is 17.6. The molecular formula is C23H27N3O2S2. The Balaban J connectivity index is 1.59. The molecule has 0 saturated heterocycles. The molecule has 0 aliphatic heterocycles. The lowest BCUT2D eigenvalue weighted by Gasteiger charge is -2.18. The lowest BCUT2D eigenvalue weighted by Crippen LogP contribution is -2.29. The predicted octanol–water partition coefficient (Wildman–Crippen LogP) is 4.68. The summed E-state index contributed by atoms with van der Waals surface area (Å²) in [5.41, 5.74) is 1.86. The fourth-order valence-corrected chi connectivity index (χ4v) is 4.67.